The first-order valence-corrected chi connectivity index (χ1v) is 13.3. The van der Waals surface area contributed by atoms with Crippen LogP contribution in [0.15, 0.2) is 59.2 Å². The Labute approximate surface area is 211 Å². The maximum absolute atomic E-state index is 12.9. The summed E-state index contributed by atoms with van der Waals surface area (Å²) in [7, 11) is 6.07. The highest BCUT2D eigenvalue weighted by Gasteiger charge is 2.57. The van der Waals surface area contributed by atoms with E-state index in [2.05, 4.69) is 70.9 Å². The van der Waals surface area contributed by atoms with Crippen molar-refractivity contribution in [3.05, 3.63) is 71.7 Å². The van der Waals surface area contributed by atoms with Gasteiger partial charge in [0.15, 0.2) is 5.76 Å². The van der Waals surface area contributed by atoms with Crippen molar-refractivity contribution in [3.63, 3.8) is 0 Å². The summed E-state index contributed by atoms with van der Waals surface area (Å²) < 4.78 is 12.2. The van der Waals surface area contributed by atoms with Crippen LogP contribution in [0.2, 0.25) is 0 Å². The number of furan rings is 1. The zero-order chi connectivity index (χ0) is 25.3. The first-order valence-electron chi connectivity index (χ1n) is 13.3. The Kier molecular flexibility index (Phi) is 7.33. The number of quaternary nitrogens is 1. The van der Waals surface area contributed by atoms with Gasteiger partial charge in [0, 0.05) is 5.56 Å². The van der Waals surface area contributed by atoms with E-state index >= 15 is 0 Å². The van der Waals surface area contributed by atoms with E-state index in [1.54, 1.807) is 0 Å². The van der Waals surface area contributed by atoms with E-state index in [0.717, 1.165) is 68.3 Å². The Morgan fingerprint density at radius 1 is 1.14 bits per heavy atom. The van der Waals surface area contributed by atoms with Crippen LogP contribution < -0.4 is 0 Å². The third kappa shape index (κ3) is 5.14. The van der Waals surface area contributed by atoms with Crippen molar-refractivity contribution >= 4 is 5.97 Å². The van der Waals surface area contributed by atoms with Crippen molar-refractivity contribution in [1.82, 2.24) is 0 Å². The molecule has 2 aliphatic carbocycles. The van der Waals surface area contributed by atoms with E-state index in [1.165, 1.54) is 23.8 Å². The van der Waals surface area contributed by atoms with E-state index in [9.17, 15) is 4.79 Å². The second-order valence-corrected chi connectivity index (χ2v) is 12.2. The van der Waals surface area contributed by atoms with Gasteiger partial charge in [-0.1, -0.05) is 55.8 Å². The van der Waals surface area contributed by atoms with E-state index in [-0.39, 0.29) is 16.8 Å². The fraction of sp³-hybridized carbons (Fsp3) is 0.581. The Hall–Kier alpha value is -2.33. The monoisotopic (exact) mass is 478 g/mol. The molecule has 1 aromatic carbocycles. The Morgan fingerprint density at radius 2 is 1.89 bits per heavy atom. The maximum Gasteiger partial charge on any atom is 0.311 e. The van der Waals surface area contributed by atoms with Gasteiger partial charge in [0.1, 0.15) is 13.1 Å². The molecule has 2 saturated carbocycles. The standard InChI is InChI=1S/C31H44NO3/c1-23-13-16-28-30(2,18-10-19-31(28,3)29(33)34-6)26(23)15-14-25-17-20-35-27(25)22-32(4,5)21-24-11-8-7-9-12-24/h7-9,11-12,17,20,26,28H,1,10,13-16,18-19,21-22H2,2-6H3/q+1/t26-,28-,30-,31+/m0/s1. The molecule has 0 N–H and O–H groups in total. The average Bonchev–Trinajstić information content (AvgIpc) is 3.24. The quantitative estimate of drug-likeness (QED) is 0.234. The molecule has 0 aliphatic heterocycles. The van der Waals surface area contributed by atoms with Gasteiger partial charge >= 0.3 is 5.97 Å². The molecule has 35 heavy (non-hydrogen) atoms. The molecule has 0 bridgehead atoms. The van der Waals surface area contributed by atoms with Crippen LogP contribution in [0.5, 0.6) is 0 Å². The number of rotatable bonds is 8. The van der Waals surface area contributed by atoms with Crippen LogP contribution in [0.4, 0.5) is 0 Å². The second kappa shape index (κ2) is 9.97. The van der Waals surface area contributed by atoms with E-state index in [4.69, 9.17) is 9.15 Å². The fourth-order valence-corrected chi connectivity index (χ4v) is 7.51. The molecule has 2 fully saturated rings. The van der Waals surface area contributed by atoms with Crippen molar-refractivity contribution in [2.24, 2.45) is 22.7 Å². The van der Waals surface area contributed by atoms with Crippen molar-refractivity contribution < 1.29 is 18.4 Å². The summed E-state index contributed by atoms with van der Waals surface area (Å²) in [5.41, 5.74) is 3.72. The number of benzene rings is 1. The van der Waals surface area contributed by atoms with Gasteiger partial charge in [0.2, 0.25) is 0 Å². The molecule has 0 saturated heterocycles. The van der Waals surface area contributed by atoms with Gasteiger partial charge < -0.3 is 13.6 Å². The lowest BCUT2D eigenvalue weighted by molar-refractivity contribution is -0.917. The molecule has 2 aromatic rings. The van der Waals surface area contributed by atoms with Crippen molar-refractivity contribution in [1.29, 1.82) is 0 Å². The molecule has 0 unspecified atom stereocenters. The lowest BCUT2D eigenvalue weighted by atomic mass is 9.46. The van der Waals surface area contributed by atoms with Gasteiger partial charge in [0.05, 0.1) is 32.9 Å². The van der Waals surface area contributed by atoms with E-state index in [1.807, 2.05) is 6.26 Å². The predicted molar refractivity (Wildman–Crippen MR) is 140 cm³/mol. The number of hydrogen-bond acceptors (Lipinski definition) is 3. The SMILES string of the molecule is C=C1CC[C@H]2[C@@](C)(CCC[C@@]2(C)C(=O)OC)[C@H]1CCc1ccoc1C[N+](C)(C)Cc1ccccc1. The molecule has 2 aliphatic rings. The van der Waals surface area contributed by atoms with E-state index in [0.29, 0.717) is 11.8 Å². The van der Waals surface area contributed by atoms with Crippen LogP contribution in [0.3, 0.4) is 0 Å². The molecule has 1 aromatic heterocycles. The van der Waals surface area contributed by atoms with Crippen molar-refractivity contribution in [2.75, 3.05) is 21.2 Å². The molecule has 0 spiro atoms. The van der Waals surface area contributed by atoms with Gasteiger partial charge in [-0.25, -0.2) is 0 Å². The predicted octanol–water partition coefficient (Wildman–Crippen LogP) is 6.94. The second-order valence-electron chi connectivity index (χ2n) is 12.2. The smallest absolute Gasteiger partial charge is 0.311 e. The van der Waals surface area contributed by atoms with Gasteiger partial charge in [0.25, 0.3) is 0 Å². The topological polar surface area (TPSA) is 39.4 Å². The van der Waals surface area contributed by atoms with Crippen LogP contribution in [0.1, 0.15) is 69.3 Å². The summed E-state index contributed by atoms with van der Waals surface area (Å²) in [6, 6.07) is 12.8. The Bertz CT molecular complexity index is 1040. The number of esters is 1. The zero-order valence-corrected chi connectivity index (χ0v) is 22.4. The van der Waals surface area contributed by atoms with E-state index < -0.39 is 0 Å². The minimum absolute atomic E-state index is 0.0322. The highest BCUT2D eigenvalue weighted by atomic mass is 16.5. The molecular formula is C31H44NO3+. The van der Waals surface area contributed by atoms with Crippen molar-refractivity contribution in [3.8, 4) is 0 Å². The van der Waals surface area contributed by atoms with Crippen LogP contribution in [-0.2, 0) is 29.0 Å². The molecule has 190 valence electrons. The van der Waals surface area contributed by atoms with Crippen molar-refractivity contribution in [2.45, 2.75) is 71.9 Å². The lowest BCUT2D eigenvalue weighted by Gasteiger charge is -2.57. The number of nitrogens with zero attached hydrogens (tertiary/aromatic N) is 1. The highest BCUT2D eigenvalue weighted by Crippen LogP contribution is 2.62. The summed E-state index contributed by atoms with van der Waals surface area (Å²) in [6.07, 6.45) is 9.11. The molecular weight excluding hydrogens is 434 g/mol. The molecule has 0 amide bonds. The van der Waals surface area contributed by atoms with Gasteiger partial charge in [-0.3, -0.25) is 4.79 Å². The Balaban J connectivity index is 1.48. The summed E-state index contributed by atoms with van der Waals surface area (Å²) in [4.78, 5) is 12.9. The third-order valence-electron chi connectivity index (χ3n) is 9.24. The van der Waals surface area contributed by atoms with Crippen LogP contribution in [0, 0.1) is 22.7 Å². The number of fused-ring (bicyclic) bond motifs is 1. The summed E-state index contributed by atoms with van der Waals surface area (Å²) in [5, 5.41) is 0. The van der Waals surface area contributed by atoms with Crippen LogP contribution in [-0.4, -0.2) is 31.7 Å². The first kappa shape index (κ1) is 25.8. The minimum atomic E-state index is -0.388. The zero-order valence-electron chi connectivity index (χ0n) is 22.4. The van der Waals surface area contributed by atoms with Crippen LogP contribution >= 0.6 is 0 Å². The van der Waals surface area contributed by atoms with Gasteiger partial charge in [-0.05, 0) is 74.3 Å². The summed E-state index contributed by atoms with van der Waals surface area (Å²) in [5.74, 6) is 1.82. The van der Waals surface area contributed by atoms with Gasteiger partial charge in [-0.2, -0.15) is 0 Å². The molecule has 1 heterocycles. The van der Waals surface area contributed by atoms with Gasteiger partial charge in [-0.15, -0.1) is 0 Å². The summed E-state index contributed by atoms with van der Waals surface area (Å²) in [6.45, 7) is 10.9. The lowest BCUT2D eigenvalue weighted by Crippen LogP contribution is -2.53. The van der Waals surface area contributed by atoms with Crippen LogP contribution in [0.25, 0.3) is 0 Å². The average molecular weight is 479 g/mol. The normalized spacial score (nSPS) is 29.0. The molecule has 4 rings (SSSR count). The number of allylic oxidation sites excluding steroid dienone is 1. The highest BCUT2D eigenvalue weighted by molar-refractivity contribution is 5.77. The fourth-order valence-electron chi connectivity index (χ4n) is 7.51. The minimum Gasteiger partial charge on any atom is -0.469 e. The number of hydrogen-bond donors (Lipinski definition) is 0. The number of carbonyl (C=O) groups is 1. The first-order chi connectivity index (χ1) is 16.6. The maximum atomic E-state index is 12.9. The molecule has 4 atom stereocenters. The Morgan fingerprint density at radius 3 is 2.60 bits per heavy atom. The number of aryl methyl sites for hydroxylation is 1. The molecule has 4 heteroatoms. The molecule has 0 radical (unpaired) electrons. The molecule has 4 nitrogen and oxygen atoms in total. The number of carbonyl (C=O) groups excluding carboxylic acids is 1. The third-order valence-corrected chi connectivity index (χ3v) is 9.24. The number of methoxy groups -OCH3 is 1. The summed E-state index contributed by atoms with van der Waals surface area (Å²) >= 11 is 0. The largest absolute Gasteiger partial charge is 0.469 e. The number of ether oxygens (including phenoxy) is 1.